The molecule has 0 bridgehead atoms. The second-order valence-electron chi connectivity index (χ2n) is 14.1. The van der Waals surface area contributed by atoms with Gasteiger partial charge in [-0.25, -0.2) is 0 Å². The van der Waals surface area contributed by atoms with Crippen LogP contribution in [0.5, 0.6) is 5.75 Å². The Morgan fingerprint density at radius 2 is 1.68 bits per heavy atom. The number of aromatic hydroxyl groups is 1. The lowest BCUT2D eigenvalue weighted by Gasteiger charge is -2.60. The van der Waals surface area contributed by atoms with Crippen molar-refractivity contribution in [2.45, 2.75) is 105 Å². The summed E-state index contributed by atoms with van der Waals surface area (Å²) in [5.41, 5.74) is -3.55. The lowest BCUT2D eigenvalue weighted by atomic mass is 9.43. The molecule has 0 saturated heterocycles. The third kappa shape index (κ3) is 4.78. The van der Waals surface area contributed by atoms with Crippen LogP contribution >= 0.6 is 0 Å². The first-order valence-corrected chi connectivity index (χ1v) is 15.5. The maximum absolute atomic E-state index is 14.5. The molecule has 9 nitrogen and oxygen atoms in total. The van der Waals surface area contributed by atoms with Crippen molar-refractivity contribution >= 4 is 29.1 Å². The van der Waals surface area contributed by atoms with Crippen molar-refractivity contribution in [2.75, 3.05) is 7.11 Å². The zero-order valence-electron chi connectivity index (χ0n) is 27.1. The number of hydrogen-bond acceptors (Lipinski definition) is 9. The number of ether oxygens (including phenoxy) is 1. The van der Waals surface area contributed by atoms with Crippen molar-refractivity contribution in [1.82, 2.24) is 0 Å². The zero-order chi connectivity index (χ0) is 33.1. The van der Waals surface area contributed by atoms with Crippen molar-refractivity contribution in [1.29, 1.82) is 0 Å². The molecule has 1 fully saturated rings. The monoisotopic (exact) mass is 610 g/mol. The molecule has 9 heteroatoms. The number of aryl methyl sites for hydroxylation is 1. The van der Waals surface area contributed by atoms with E-state index in [1.54, 1.807) is 20.8 Å². The highest BCUT2D eigenvalue weighted by Gasteiger charge is 2.72. The average Bonchev–Trinajstić information content (AvgIpc) is 2.90. The first-order valence-electron chi connectivity index (χ1n) is 15.5. The van der Waals surface area contributed by atoms with Gasteiger partial charge < -0.3 is 25.2 Å². The van der Waals surface area contributed by atoms with Gasteiger partial charge in [0.2, 0.25) is 5.78 Å². The van der Waals surface area contributed by atoms with Crippen LogP contribution in [0.4, 0.5) is 0 Å². The Morgan fingerprint density at radius 1 is 1.05 bits per heavy atom. The van der Waals surface area contributed by atoms with Gasteiger partial charge in [0, 0.05) is 28.7 Å². The number of carbonyl (C=O) groups is 4. The van der Waals surface area contributed by atoms with E-state index in [0.717, 1.165) is 18.9 Å². The fraction of sp³-hybridized carbons (Fsp3) is 0.600. The van der Waals surface area contributed by atoms with E-state index in [1.165, 1.54) is 7.11 Å². The van der Waals surface area contributed by atoms with Crippen LogP contribution in [-0.2, 0) is 36.8 Å². The van der Waals surface area contributed by atoms with Crippen LogP contribution in [0, 0.1) is 22.7 Å². The van der Waals surface area contributed by atoms with Gasteiger partial charge in [0.1, 0.15) is 22.8 Å². The van der Waals surface area contributed by atoms with Crippen LogP contribution in [-0.4, -0.2) is 56.5 Å². The Balaban J connectivity index is 1.90. The molecule has 3 aliphatic rings. The molecule has 1 aromatic rings. The first kappa shape index (κ1) is 33.4. The van der Waals surface area contributed by atoms with Crippen LogP contribution in [0.15, 0.2) is 23.0 Å². The third-order valence-electron chi connectivity index (χ3n) is 10.3. The zero-order valence-corrected chi connectivity index (χ0v) is 27.1. The van der Waals surface area contributed by atoms with E-state index in [1.807, 2.05) is 26.8 Å². The number of allylic oxidation sites excluding steroid dienone is 1. The molecule has 240 valence electrons. The number of esters is 1. The van der Waals surface area contributed by atoms with Crippen molar-refractivity contribution < 1.29 is 44.3 Å². The number of phenolic OH excluding ortho intramolecular Hbond substituents is 1. The Labute approximate surface area is 259 Å². The van der Waals surface area contributed by atoms with E-state index in [0.29, 0.717) is 36.8 Å². The fourth-order valence-electron chi connectivity index (χ4n) is 8.44. The minimum Gasteiger partial charge on any atom is -0.508 e. The summed E-state index contributed by atoms with van der Waals surface area (Å²) in [5, 5.41) is 47.0. The molecule has 4 atom stereocenters. The largest absolute Gasteiger partial charge is 0.508 e. The molecule has 3 aliphatic carbocycles. The third-order valence-corrected chi connectivity index (χ3v) is 10.3. The molecular weight excluding hydrogens is 564 g/mol. The number of benzene rings is 1. The van der Waals surface area contributed by atoms with Crippen LogP contribution in [0.1, 0.15) is 109 Å². The number of carbonyl (C=O) groups excluding carboxylic acids is 4. The summed E-state index contributed by atoms with van der Waals surface area (Å²) in [6, 6.07) is 1.94. The molecule has 0 aromatic heterocycles. The van der Waals surface area contributed by atoms with Crippen LogP contribution in [0.3, 0.4) is 0 Å². The van der Waals surface area contributed by atoms with E-state index in [2.05, 4.69) is 0 Å². The summed E-state index contributed by atoms with van der Waals surface area (Å²) in [6.07, 6.45) is 3.11. The smallest absolute Gasteiger partial charge is 0.305 e. The Bertz CT molecular complexity index is 1500. The lowest BCUT2D eigenvalue weighted by molar-refractivity contribution is -0.178. The lowest BCUT2D eigenvalue weighted by Crippen LogP contribution is -2.69. The van der Waals surface area contributed by atoms with Gasteiger partial charge in [-0.1, -0.05) is 54.0 Å². The Hall–Kier alpha value is -3.46. The summed E-state index contributed by atoms with van der Waals surface area (Å²) in [4.78, 5) is 52.2. The molecule has 1 saturated carbocycles. The van der Waals surface area contributed by atoms with Gasteiger partial charge in [-0.05, 0) is 67.6 Å². The molecule has 4 N–H and O–H groups in total. The molecule has 1 aromatic carbocycles. The van der Waals surface area contributed by atoms with Gasteiger partial charge in [0.15, 0.2) is 17.2 Å². The molecule has 0 amide bonds. The number of methoxy groups -OCH3 is 1. The van der Waals surface area contributed by atoms with Gasteiger partial charge in [-0.15, -0.1) is 0 Å². The molecule has 0 radical (unpaired) electrons. The van der Waals surface area contributed by atoms with Gasteiger partial charge in [-0.3, -0.25) is 19.2 Å². The summed E-state index contributed by atoms with van der Waals surface area (Å²) in [7, 11) is 1.35. The quantitative estimate of drug-likeness (QED) is 0.159. The summed E-state index contributed by atoms with van der Waals surface area (Å²) >= 11 is 0. The number of hydrogen-bond donors (Lipinski definition) is 4. The summed E-state index contributed by atoms with van der Waals surface area (Å²) in [6.45, 7) is 12.1. The van der Waals surface area contributed by atoms with E-state index in [4.69, 9.17) is 4.74 Å². The average molecular weight is 611 g/mol. The number of aliphatic hydroxyl groups is 3. The molecule has 44 heavy (non-hydrogen) atoms. The highest BCUT2D eigenvalue weighted by Crippen LogP contribution is 2.65. The summed E-state index contributed by atoms with van der Waals surface area (Å²) < 4.78 is 4.69. The van der Waals surface area contributed by atoms with Crippen molar-refractivity contribution in [3.05, 3.63) is 45.2 Å². The minimum atomic E-state index is -2.63. The topological polar surface area (TPSA) is 158 Å². The minimum absolute atomic E-state index is 0.0111. The van der Waals surface area contributed by atoms with E-state index < -0.39 is 56.8 Å². The second kappa shape index (κ2) is 11.5. The number of aliphatic hydroxyl groups excluding tert-OH is 2. The van der Waals surface area contributed by atoms with Gasteiger partial charge in [-0.2, -0.15) is 0 Å². The SMILES string of the molecule is COC(=O)CCCCCc1cc(C(C)C)c2c(c1O)C(O)=C1C(=O)[C@@]3(O)C(O)=C(C(C)=O)C(=O)C(C(C)C)[C@@]3(C)C[C@@]1(C)C2. The van der Waals surface area contributed by atoms with Crippen molar-refractivity contribution in [3.63, 3.8) is 0 Å². The van der Waals surface area contributed by atoms with Crippen LogP contribution in [0.25, 0.3) is 5.76 Å². The molecule has 0 aliphatic heterocycles. The molecule has 1 unspecified atom stereocenters. The summed E-state index contributed by atoms with van der Waals surface area (Å²) in [5.74, 6) is -5.50. The standard InChI is InChI=1S/C35H46O9/c1-17(2)21-14-20(12-10-9-11-13-23(37)44-8)28(38)25-22(21)15-33(6)16-34(7)26(18(3)4)29(39)24(19(5)36)31(41)35(34,43)32(42)27(33)30(25)40/h14,17-18,26,38,40-41,43H,9-13,15-16H2,1-8H3/t26?,33-,34-,35+/m1/s1. The Morgan fingerprint density at radius 3 is 2.23 bits per heavy atom. The highest BCUT2D eigenvalue weighted by molar-refractivity contribution is 6.24. The molecule has 0 heterocycles. The molecular formula is C35H46O9. The predicted octanol–water partition coefficient (Wildman–Crippen LogP) is 5.59. The van der Waals surface area contributed by atoms with Crippen molar-refractivity contribution in [3.8, 4) is 5.75 Å². The second-order valence-corrected chi connectivity index (χ2v) is 14.1. The number of ketones is 3. The number of rotatable bonds is 9. The van der Waals surface area contributed by atoms with E-state index in [-0.39, 0.29) is 47.5 Å². The van der Waals surface area contributed by atoms with Crippen LogP contribution in [0.2, 0.25) is 0 Å². The van der Waals surface area contributed by atoms with Gasteiger partial charge in [0.25, 0.3) is 0 Å². The number of unbranched alkanes of at least 4 members (excludes halogenated alkanes) is 2. The number of fused-ring (bicyclic) bond motifs is 3. The highest BCUT2D eigenvalue weighted by atomic mass is 16.5. The number of Topliss-reactive ketones (excluding diaryl/α,β-unsaturated/α-hetero) is 3. The van der Waals surface area contributed by atoms with E-state index >= 15 is 0 Å². The predicted molar refractivity (Wildman–Crippen MR) is 164 cm³/mol. The molecule has 0 spiro atoms. The normalized spacial score (nSPS) is 28.3. The maximum atomic E-state index is 14.5. The molecule has 4 rings (SSSR count). The van der Waals surface area contributed by atoms with E-state index in [9.17, 15) is 39.6 Å². The van der Waals surface area contributed by atoms with Gasteiger partial charge in [0.05, 0.1) is 12.7 Å². The van der Waals surface area contributed by atoms with Crippen LogP contribution < -0.4 is 0 Å². The first-order chi connectivity index (χ1) is 20.4. The Kier molecular flexibility index (Phi) is 8.72. The fourth-order valence-corrected chi connectivity index (χ4v) is 8.44. The maximum Gasteiger partial charge on any atom is 0.305 e. The van der Waals surface area contributed by atoms with Crippen molar-refractivity contribution in [2.24, 2.45) is 22.7 Å². The van der Waals surface area contributed by atoms with Gasteiger partial charge >= 0.3 is 5.97 Å². The number of phenols is 1.